The van der Waals surface area contributed by atoms with E-state index in [1.807, 2.05) is 0 Å². The third-order valence-corrected chi connectivity index (χ3v) is 5.75. The molecule has 0 radical (unpaired) electrons. The van der Waals surface area contributed by atoms with Gasteiger partial charge in [-0.1, -0.05) is 12.2 Å². The summed E-state index contributed by atoms with van der Waals surface area (Å²) in [6, 6.07) is 0.335. The van der Waals surface area contributed by atoms with Gasteiger partial charge in [0, 0.05) is 6.04 Å². The lowest BCUT2D eigenvalue weighted by Crippen LogP contribution is -2.33. The van der Waals surface area contributed by atoms with Gasteiger partial charge in [0.2, 0.25) is 0 Å². The van der Waals surface area contributed by atoms with E-state index >= 15 is 0 Å². The molecule has 2 aromatic heterocycles. The zero-order valence-electron chi connectivity index (χ0n) is 14.0. The molecule has 7 atom stereocenters. The number of nitrogens with one attached hydrogen (secondary N) is 1. The number of aromatic nitrogens is 4. The minimum absolute atomic E-state index is 0.335. The van der Waals surface area contributed by atoms with Gasteiger partial charge in [0.05, 0.1) is 12.9 Å². The maximum absolute atomic E-state index is 10.3. The quantitative estimate of drug-likeness (QED) is 0.554. The summed E-state index contributed by atoms with van der Waals surface area (Å²) < 4.78 is 7.16. The normalized spacial score (nSPS) is 38.5. The van der Waals surface area contributed by atoms with Crippen LogP contribution in [0.15, 0.2) is 24.8 Å². The maximum atomic E-state index is 10.3. The largest absolute Gasteiger partial charge is 0.394 e. The molecule has 1 saturated carbocycles. The van der Waals surface area contributed by atoms with E-state index in [1.54, 1.807) is 4.57 Å². The third kappa shape index (κ3) is 2.35. The zero-order chi connectivity index (χ0) is 17.8. The van der Waals surface area contributed by atoms with Crippen LogP contribution in [0.2, 0.25) is 0 Å². The Hall–Kier alpha value is -2.07. The summed E-state index contributed by atoms with van der Waals surface area (Å²) in [6.07, 6.45) is 5.75. The molecule has 3 aliphatic rings. The van der Waals surface area contributed by atoms with Crippen LogP contribution < -0.4 is 5.32 Å². The fourth-order valence-electron chi connectivity index (χ4n) is 4.38. The van der Waals surface area contributed by atoms with Gasteiger partial charge in [0.15, 0.2) is 23.2 Å². The lowest BCUT2D eigenvalue weighted by molar-refractivity contribution is -0.0511. The number of nitrogens with zero attached hydrogens (tertiary/aromatic N) is 4. The van der Waals surface area contributed by atoms with Gasteiger partial charge in [0.1, 0.15) is 24.6 Å². The molecule has 3 heterocycles. The zero-order valence-corrected chi connectivity index (χ0v) is 14.0. The van der Waals surface area contributed by atoms with E-state index in [2.05, 4.69) is 32.4 Å². The second-order valence-corrected chi connectivity index (χ2v) is 7.31. The van der Waals surface area contributed by atoms with Crippen LogP contribution in [-0.4, -0.2) is 65.8 Å². The van der Waals surface area contributed by atoms with Gasteiger partial charge in [-0.15, -0.1) is 0 Å². The highest BCUT2D eigenvalue weighted by atomic mass is 16.6. The fourth-order valence-corrected chi connectivity index (χ4v) is 4.38. The molecule has 0 aromatic carbocycles. The summed E-state index contributed by atoms with van der Waals surface area (Å²) in [5.41, 5.74) is 1.10. The number of aliphatic hydroxyl groups is 3. The minimum Gasteiger partial charge on any atom is -0.394 e. The van der Waals surface area contributed by atoms with E-state index in [-0.39, 0.29) is 6.61 Å². The molecular formula is C17H21N5O4. The van der Waals surface area contributed by atoms with E-state index < -0.39 is 24.5 Å². The van der Waals surface area contributed by atoms with Gasteiger partial charge in [-0.25, -0.2) is 15.0 Å². The van der Waals surface area contributed by atoms with Crippen LogP contribution in [0.4, 0.5) is 5.82 Å². The third-order valence-electron chi connectivity index (χ3n) is 5.75. The Labute approximate surface area is 149 Å². The van der Waals surface area contributed by atoms with E-state index in [4.69, 9.17) is 4.74 Å². The molecule has 1 aliphatic heterocycles. The van der Waals surface area contributed by atoms with Crippen LogP contribution in [0.1, 0.15) is 19.1 Å². The molecule has 4 N–H and O–H groups in total. The van der Waals surface area contributed by atoms with Crippen LogP contribution in [-0.2, 0) is 4.74 Å². The van der Waals surface area contributed by atoms with Gasteiger partial charge in [-0.05, 0) is 24.7 Å². The monoisotopic (exact) mass is 359 g/mol. The highest BCUT2D eigenvalue weighted by Crippen LogP contribution is 2.41. The molecule has 26 heavy (non-hydrogen) atoms. The Balaban J connectivity index is 1.45. The first-order valence-corrected chi connectivity index (χ1v) is 8.90. The number of hydrogen-bond acceptors (Lipinski definition) is 8. The van der Waals surface area contributed by atoms with E-state index in [0.29, 0.717) is 34.9 Å². The Bertz CT molecular complexity index is 855. The van der Waals surface area contributed by atoms with Gasteiger partial charge < -0.3 is 25.4 Å². The molecule has 5 unspecified atom stereocenters. The molecule has 2 fully saturated rings. The molecule has 0 amide bonds. The lowest BCUT2D eigenvalue weighted by atomic mass is 10.0. The molecule has 138 valence electrons. The van der Waals surface area contributed by atoms with Crippen LogP contribution in [0.25, 0.3) is 11.2 Å². The smallest absolute Gasteiger partial charge is 0.167 e. The Morgan fingerprint density at radius 1 is 1.15 bits per heavy atom. The standard InChI is InChI=1S/C17H21N5O4/c23-5-11-13(24)14(25)17(26-11)22-7-20-12-15(18-6-19-16(12)22)21-10-4-8-1-2-9(10)3-8/h1-2,6-11,13-14,17,23-25H,3-5H2,(H,18,19,21)/t8?,9?,10?,11-,13?,14?,17-/m1/s1. The number of allylic oxidation sites excluding steroid dienone is 1. The van der Waals surface area contributed by atoms with Crippen LogP contribution in [0.3, 0.4) is 0 Å². The van der Waals surface area contributed by atoms with Crippen LogP contribution in [0.5, 0.6) is 0 Å². The van der Waals surface area contributed by atoms with Crippen LogP contribution >= 0.6 is 0 Å². The van der Waals surface area contributed by atoms with Crippen molar-refractivity contribution in [1.82, 2.24) is 19.5 Å². The maximum Gasteiger partial charge on any atom is 0.167 e. The number of ether oxygens (including phenoxy) is 1. The average molecular weight is 359 g/mol. The molecule has 2 aliphatic carbocycles. The second kappa shape index (κ2) is 5.98. The Kier molecular flexibility index (Phi) is 3.71. The van der Waals surface area contributed by atoms with Crippen molar-refractivity contribution in [3.05, 3.63) is 24.8 Å². The summed E-state index contributed by atoms with van der Waals surface area (Å²) in [4.78, 5) is 13.0. The van der Waals surface area contributed by atoms with Crippen molar-refractivity contribution in [2.24, 2.45) is 11.8 Å². The predicted molar refractivity (Wildman–Crippen MR) is 91.1 cm³/mol. The molecule has 1 saturated heterocycles. The SMILES string of the molecule is OC[C@H]1O[C@@H](n2cnc3c(NC4CC5C=CC4C5)ncnc32)C(O)C1O. The number of fused-ring (bicyclic) bond motifs is 3. The summed E-state index contributed by atoms with van der Waals surface area (Å²) >= 11 is 0. The highest BCUT2D eigenvalue weighted by molar-refractivity contribution is 5.83. The van der Waals surface area contributed by atoms with Gasteiger partial charge >= 0.3 is 0 Å². The van der Waals surface area contributed by atoms with Crippen molar-refractivity contribution in [1.29, 1.82) is 0 Å². The van der Waals surface area contributed by atoms with Crippen molar-refractivity contribution in [2.45, 2.75) is 43.4 Å². The number of rotatable bonds is 4. The number of hydrogen-bond donors (Lipinski definition) is 4. The molecule has 0 spiro atoms. The summed E-state index contributed by atoms with van der Waals surface area (Å²) in [6.45, 7) is -0.374. The molecule has 5 rings (SSSR count). The molecule has 2 aromatic rings. The fraction of sp³-hybridized carbons (Fsp3) is 0.588. The molecule has 9 heteroatoms. The minimum atomic E-state index is -1.17. The van der Waals surface area contributed by atoms with Crippen molar-refractivity contribution in [3.63, 3.8) is 0 Å². The number of anilines is 1. The summed E-state index contributed by atoms with van der Waals surface area (Å²) in [7, 11) is 0. The summed E-state index contributed by atoms with van der Waals surface area (Å²) in [5.74, 6) is 1.82. The number of aliphatic hydroxyl groups excluding tert-OH is 3. The lowest BCUT2D eigenvalue weighted by Gasteiger charge is -2.20. The van der Waals surface area contributed by atoms with E-state index in [9.17, 15) is 15.3 Å². The van der Waals surface area contributed by atoms with Gasteiger partial charge in [0.25, 0.3) is 0 Å². The van der Waals surface area contributed by atoms with Crippen LogP contribution in [0, 0.1) is 11.8 Å². The first-order valence-electron chi connectivity index (χ1n) is 8.90. The Morgan fingerprint density at radius 2 is 2.04 bits per heavy atom. The predicted octanol–water partition coefficient (Wildman–Crippen LogP) is -0.186. The van der Waals surface area contributed by atoms with Crippen molar-refractivity contribution < 1.29 is 20.1 Å². The average Bonchev–Trinajstić information content (AvgIpc) is 3.41. The Morgan fingerprint density at radius 3 is 2.73 bits per heavy atom. The van der Waals surface area contributed by atoms with E-state index in [1.165, 1.54) is 19.1 Å². The van der Waals surface area contributed by atoms with Gasteiger partial charge in [-0.3, -0.25) is 4.57 Å². The topological polar surface area (TPSA) is 126 Å². The van der Waals surface area contributed by atoms with E-state index in [0.717, 1.165) is 6.42 Å². The first kappa shape index (κ1) is 16.1. The molecule has 2 bridgehead atoms. The van der Waals surface area contributed by atoms with Crippen molar-refractivity contribution >= 4 is 17.0 Å². The molecular weight excluding hydrogens is 338 g/mol. The summed E-state index contributed by atoms with van der Waals surface area (Å²) in [5, 5.41) is 33.0. The highest BCUT2D eigenvalue weighted by Gasteiger charge is 2.44. The number of imidazole rings is 1. The first-order chi connectivity index (χ1) is 12.7. The van der Waals surface area contributed by atoms with Crippen molar-refractivity contribution in [3.8, 4) is 0 Å². The van der Waals surface area contributed by atoms with Crippen molar-refractivity contribution in [2.75, 3.05) is 11.9 Å². The second-order valence-electron chi connectivity index (χ2n) is 7.31. The molecule has 9 nitrogen and oxygen atoms in total. The van der Waals surface area contributed by atoms with Gasteiger partial charge in [-0.2, -0.15) is 0 Å².